The van der Waals surface area contributed by atoms with Gasteiger partial charge in [0.25, 0.3) is 0 Å². The number of hydrogen-bond donors (Lipinski definition) is 1. The number of aromatic nitrogens is 2. The molecule has 100 valence electrons. The van der Waals surface area contributed by atoms with Gasteiger partial charge >= 0.3 is 0 Å². The molecule has 0 atom stereocenters. The van der Waals surface area contributed by atoms with Crippen molar-refractivity contribution in [3.8, 4) is 11.5 Å². The maximum atomic E-state index is 5.70. The van der Waals surface area contributed by atoms with Crippen LogP contribution in [0.25, 0.3) is 0 Å². The predicted molar refractivity (Wildman–Crippen MR) is 76.2 cm³/mol. The molecule has 0 fully saturated rings. The quantitative estimate of drug-likeness (QED) is 0.936. The van der Waals surface area contributed by atoms with Gasteiger partial charge in [0, 0.05) is 11.8 Å². The molecule has 0 unspecified atom stereocenters. The maximum absolute atomic E-state index is 5.70. The van der Waals surface area contributed by atoms with Crippen LogP contribution in [0.2, 0.25) is 0 Å². The lowest BCUT2D eigenvalue weighted by Gasteiger charge is -2.12. The van der Waals surface area contributed by atoms with Crippen molar-refractivity contribution in [3.05, 3.63) is 40.3 Å². The first-order valence-electron chi connectivity index (χ1n) is 5.65. The number of nitrogens with zero attached hydrogens (tertiary/aromatic N) is 2. The molecule has 0 aliphatic rings. The van der Waals surface area contributed by atoms with E-state index in [1.54, 1.807) is 13.2 Å². The molecule has 0 saturated heterocycles. The molecule has 0 aliphatic carbocycles. The minimum atomic E-state index is 0.227. The van der Waals surface area contributed by atoms with E-state index in [1.165, 1.54) is 0 Å². The highest BCUT2D eigenvalue weighted by Crippen LogP contribution is 2.35. The number of methoxy groups -OCH3 is 1. The largest absolute Gasteiger partial charge is 0.493 e. The van der Waals surface area contributed by atoms with Crippen LogP contribution in [0.3, 0.4) is 0 Å². The number of nitrogens with two attached hydrogens (primary N) is 1. The van der Waals surface area contributed by atoms with Crippen LogP contribution in [-0.4, -0.2) is 17.1 Å². The van der Waals surface area contributed by atoms with Crippen LogP contribution in [0.15, 0.2) is 28.7 Å². The lowest BCUT2D eigenvalue weighted by Crippen LogP contribution is -2.06. The van der Waals surface area contributed by atoms with E-state index in [2.05, 4.69) is 25.9 Å². The average Bonchev–Trinajstić information content (AvgIpc) is 2.36. The van der Waals surface area contributed by atoms with Crippen LogP contribution in [-0.2, 0) is 6.61 Å². The molecule has 0 radical (unpaired) electrons. The molecule has 1 aromatic heterocycles. The highest BCUT2D eigenvalue weighted by atomic mass is 79.9. The van der Waals surface area contributed by atoms with Crippen LogP contribution in [0, 0.1) is 6.92 Å². The second-order valence-corrected chi connectivity index (χ2v) is 4.76. The Labute approximate surface area is 119 Å². The summed E-state index contributed by atoms with van der Waals surface area (Å²) in [6.45, 7) is 2.09. The Balaban J connectivity index is 2.18. The lowest BCUT2D eigenvalue weighted by molar-refractivity contribution is 0.274. The molecule has 5 nitrogen and oxygen atoms in total. The lowest BCUT2D eigenvalue weighted by atomic mass is 10.3. The molecule has 0 amide bonds. The van der Waals surface area contributed by atoms with E-state index < -0.39 is 0 Å². The van der Waals surface area contributed by atoms with Gasteiger partial charge in [-0.15, -0.1) is 0 Å². The van der Waals surface area contributed by atoms with Crippen LogP contribution < -0.4 is 15.2 Å². The van der Waals surface area contributed by atoms with Crippen LogP contribution >= 0.6 is 15.9 Å². The summed E-state index contributed by atoms with van der Waals surface area (Å²) in [6.07, 6.45) is 0. The summed E-state index contributed by atoms with van der Waals surface area (Å²) in [5.74, 6) is 2.24. The van der Waals surface area contributed by atoms with E-state index in [9.17, 15) is 0 Å². The third-order valence-corrected chi connectivity index (χ3v) is 3.04. The SMILES string of the molecule is COc1cccc(Br)c1OCc1nc(C)cc(N)n1. The molecule has 1 heterocycles. The number of benzene rings is 1. The molecular weight excluding hydrogens is 310 g/mol. The topological polar surface area (TPSA) is 70.3 Å². The standard InChI is InChI=1S/C13H14BrN3O2/c1-8-6-11(15)17-12(16-8)7-19-13-9(14)4-3-5-10(13)18-2/h3-6H,7H2,1-2H3,(H2,15,16,17). The van der Waals surface area contributed by atoms with E-state index in [4.69, 9.17) is 15.2 Å². The maximum Gasteiger partial charge on any atom is 0.175 e. The van der Waals surface area contributed by atoms with Gasteiger partial charge in [0.2, 0.25) is 0 Å². The predicted octanol–water partition coefficient (Wildman–Crippen LogP) is 2.72. The summed E-state index contributed by atoms with van der Waals surface area (Å²) in [5, 5.41) is 0. The first-order chi connectivity index (χ1) is 9.10. The van der Waals surface area contributed by atoms with E-state index >= 15 is 0 Å². The Morgan fingerprint density at radius 3 is 2.79 bits per heavy atom. The molecule has 0 spiro atoms. The number of hydrogen-bond acceptors (Lipinski definition) is 5. The average molecular weight is 324 g/mol. The number of ether oxygens (including phenoxy) is 2. The Morgan fingerprint density at radius 2 is 2.11 bits per heavy atom. The smallest absolute Gasteiger partial charge is 0.175 e. The Kier molecular flexibility index (Phi) is 4.21. The fourth-order valence-electron chi connectivity index (χ4n) is 1.65. The number of halogens is 1. The molecule has 0 bridgehead atoms. The van der Waals surface area contributed by atoms with Crippen molar-refractivity contribution in [2.45, 2.75) is 13.5 Å². The van der Waals surface area contributed by atoms with Crippen LogP contribution in [0.4, 0.5) is 5.82 Å². The summed E-state index contributed by atoms with van der Waals surface area (Å²) in [5.41, 5.74) is 6.48. The van der Waals surface area contributed by atoms with Gasteiger partial charge in [-0.2, -0.15) is 0 Å². The Hall–Kier alpha value is -1.82. The molecule has 6 heteroatoms. The van der Waals surface area contributed by atoms with Crippen molar-refractivity contribution in [1.82, 2.24) is 9.97 Å². The van der Waals surface area contributed by atoms with Gasteiger partial charge in [-0.3, -0.25) is 0 Å². The van der Waals surface area contributed by atoms with Crippen molar-refractivity contribution in [2.24, 2.45) is 0 Å². The number of para-hydroxylation sites is 1. The normalized spacial score (nSPS) is 10.3. The Morgan fingerprint density at radius 1 is 1.32 bits per heavy atom. The summed E-state index contributed by atoms with van der Waals surface area (Å²) in [6, 6.07) is 7.29. The van der Waals surface area contributed by atoms with Crippen molar-refractivity contribution < 1.29 is 9.47 Å². The Bertz CT molecular complexity index is 570. The number of aryl methyl sites for hydroxylation is 1. The number of rotatable bonds is 4. The van der Waals surface area contributed by atoms with Gasteiger partial charge in [0.05, 0.1) is 11.6 Å². The highest BCUT2D eigenvalue weighted by molar-refractivity contribution is 9.10. The zero-order valence-corrected chi connectivity index (χ0v) is 12.3. The first kappa shape index (κ1) is 13.6. The third kappa shape index (κ3) is 3.35. The van der Waals surface area contributed by atoms with Gasteiger partial charge < -0.3 is 15.2 Å². The fraction of sp³-hybridized carbons (Fsp3) is 0.231. The minimum absolute atomic E-state index is 0.227. The summed E-state index contributed by atoms with van der Waals surface area (Å²) < 4.78 is 11.8. The summed E-state index contributed by atoms with van der Waals surface area (Å²) >= 11 is 3.42. The molecule has 2 aromatic rings. The van der Waals surface area contributed by atoms with E-state index in [0.29, 0.717) is 23.1 Å². The molecule has 0 aliphatic heterocycles. The molecule has 1 aromatic carbocycles. The van der Waals surface area contributed by atoms with E-state index in [1.807, 2.05) is 25.1 Å². The van der Waals surface area contributed by atoms with Crippen molar-refractivity contribution in [1.29, 1.82) is 0 Å². The van der Waals surface area contributed by atoms with Crippen LogP contribution in [0.5, 0.6) is 11.5 Å². The second-order valence-electron chi connectivity index (χ2n) is 3.91. The van der Waals surface area contributed by atoms with E-state index in [-0.39, 0.29) is 6.61 Å². The molecule has 2 N–H and O–H groups in total. The van der Waals surface area contributed by atoms with Gasteiger partial charge in [0.15, 0.2) is 17.3 Å². The summed E-state index contributed by atoms with van der Waals surface area (Å²) in [7, 11) is 1.59. The van der Waals surface area contributed by atoms with Crippen LogP contribution in [0.1, 0.15) is 11.5 Å². The van der Waals surface area contributed by atoms with Gasteiger partial charge in [0.1, 0.15) is 12.4 Å². The monoisotopic (exact) mass is 323 g/mol. The second kappa shape index (κ2) is 5.88. The molecule has 19 heavy (non-hydrogen) atoms. The minimum Gasteiger partial charge on any atom is -0.493 e. The summed E-state index contributed by atoms with van der Waals surface area (Å²) in [4.78, 5) is 8.38. The van der Waals surface area contributed by atoms with E-state index in [0.717, 1.165) is 10.2 Å². The van der Waals surface area contributed by atoms with Gasteiger partial charge in [-0.05, 0) is 35.0 Å². The van der Waals surface area contributed by atoms with Gasteiger partial charge in [-0.1, -0.05) is 6.07 Å². The van der Waals surface area contributed by atoms with Gasteiger partial charge in [-0.25, -0.2) is 9.97 Å². The number of anilines is 1. The van der Waals surface area contributed by atoms with Crippen molar-refractivity contribution in [3.63, 3.8) is 0 Å². The van der Waals surface area contributed by atoms with Crippen molar-refractivity contribution >= 4 is 21.7 Å². The third-order valence-electron chi connectivity index (χ3n) is 2.42. The highest BCUT2D eigenvalue weighted by Gasteiger charge is 2.10. The molecular formula is C13H14BrN3O2. The first-order valence-corrected chi connectivity index (χ1v) is 6.45. The zero-order chi connectivity index (χ0) is 13.8. The number of nitrogen functional groups attached to an aromatic ring is 1. The fourth-order valence-corrected chi connectivity index (χ4v) is 2.11. The molecule has 0 saturated carbocycles. The van der Waals surface area contributed by atoms with Crippen molar-refractivity contribution in [2.75, 3.05) is 12.8 Å². The molecule has 2 rings (SSSR count). The zero-order valence-electron chi connectivity index (χ0n) is 10.7.